The molecule has 0 radical (unpaired) electrons. The molecule has 1 aliphatic heterocycles. The number of aromatic nitrogens is 5. The fraction of sp³-hybridized carbons (Fsp3) is 0.280. The Hall–Kier alpha value is -3.76. The molecule has 3 aromatic heterocycles. The van der Waals surface area contributed by atoms with Crippen LogP contribution in [0.1, 0.15) is 6.92 Å². The van der Waals surface area contributed by atoms with E-state index in [4.69, 9.17) is 14.2 Å². The molecular formula is C25H24N6O3S. The second kappa shape index (κ2) is 8.79. The van der Waals surface area contributed by atoms with E-state index in [9.17, 15) is 0 Å². The number of ether oxygens (including phenoxy) is 3. The summed E-state index contributed by atoms with van der Waals surface area (Å²) in [5.74, 6) is 2.38. The molecule has 1 atom stereocenters. The Balaban J connectivity index is 1.47. The Kier molecular flexibility index (Phi) is 5.46. The van der Waals surface area contributed by atoms with Crippen LogP contribution in [0.25, 0.3) is 32.4 Å². The van der Waals surface area contributed by atoms with Crippen LogP contribution in [-0.4, -0.2) is 51.2 Å². The van der Waals surface area contributed by atoms with Gasteiger partial charge in [0, 0.05) is 24.2 Å². The largest absolute Gasteiger partial charge is 0.493 e. The molecule has 1 N–H and O–H groups in total. The minimum absolute atomic E-state index is 0.0329. The van der Waals surface area contributed by atoms with Gasteiger partial charge in [0.25, 0.3) is 0 Å². The van der Waals surface area contributed by atoms with Gasteiger partial charge >= 0.3 is 0 Å². The van der Waals surface area contributed by atoms with Gasteiger partial charge in [-0.2, -0.15) is 5.10 Å². The Labute approximate surface area is 205 Å². The van der Waals surface area contributed by atoms with Crippen molar-refractivity contribution in [3.63, 3.8) is 0 Å². The van der Waals surface area contributed by atoms with E-state index in [-0.39, 0.29) is 6.10 Å². The molecule has 35 heavy (non-hydrogen) atoms. The van der Waals surface area contributed by atoms with E-state index in [1.165, 1.54) is 0 Å². The van der Waals surface area contributed by atoms with Crippen LogP contribution < -0.4 is 14.8 Å². The third-order valence-corrected chi connectivity index (χ3v) is 7.02. The normalized spacial score (nSPS) is 14.7. The molecule has 0 amide bonds. The lowest BCUT2D eigenvalue weighted by Crippen LogP contribution is -2.39. The SMILES string of the molecule is COc1cn(C)nc1-c1cc(O[C@H](C)C2COC2)c2c(Nc3ccc4ncsc4c3)ncnc2c1. The molecule has 4 heterocycles. The highest BCUT2D eigenvalue weighted by atomic mass is 32.1. The highest BCUT2D eigenvalue weighted by molar-refractivity contribution is 7.16. The summed E-state index contributed by atoms with van der Waals surface area (Å²) in [6, 6.07) is 10.0. The number of methoxy groups -OCH3 is 1. The van der Waals surface area contributed by atoms with Crippen LogP contribution in [0.5, 0.6) is 11.5 Å². The highest BCUT2D eigenvalue weighted by Crippen LogP contribution is 2.39. The van der Waals surface area contributed by atoms with Gasteiger partial charge in [0.15, 0.2) is 5.75 Å². The number of fused-ring (bicyclic) bond motifs is 2. The van der Waals surface area contributed by atoms with Crippen molar-refractivity contribution in [2.75, 3.05) is 25.6 Å². The van der Waals surface area contributed by atoms with Crippen LogP contribution in [0.2, 0.25) is 0 Å². The average Bonchev–Trinajstić information content (AvgIpc) is 3.43. The summed E-state index contributed by atoms with van der Waals surface area (Å²) < 4.78 is 20.3. The monoisotopic (exact) mass is 488 g/mol. The molecule has 0 aliphatic carbocycles. The molecule has 1 saturated heterocycles. The van der Waals surface area contributed by atoms with E-state index in [0.29, 0.717) is 36.4 Å². The molecule has 0 spiro atoms. The first kappa shape index (κ1) is 21.8. The first-order chi connectivity index (χ1) is 17.1. The zero-order valence-corrected chi connectivity index (χ0v) is 20.4. The summed E-state index contributed by atoms with van der Waals surface area (Å²) in [4.78, 5) is 13.5. The summed E-state index contributed by atoms with van der Waals surface area (Å²) >= 11 is 1.60. The lowest BCUT2D eigenvalue weighted by molar-refractivity contribution is -0.0773. The first-order valence-electron chi connectivity index (χ1n) is 11.3. The van der Waals surface area contributed by atoms with Gasteiger partial charge in [0.1, 0.15) is 29.7 Å². The predicted octanol–water partition coefficient (Wildman–Crippen LogP) is 4.81. The van der Waals surface area contributed by atoms with Crippen LogP contribution >= 0.6 is 11.3 Å². The van der Waals surface area contributed by atoms with Crippen LogP contribution in [0.15, 0.2) is 48.4 Å². The second-order valence-electron chi connectivity index (χ2n) is 8.59. The maximum atomic E-state index is 6.53. The lowest BCUT2D eigenvalue weighted by atomic mass is 10.0. The fourth-order valence-electron chi connectivity index (χ4n) is 4.19. The number of aryl methyl sites for hydroxylation is 1. The Morgan fingerprint density at radius 1 is 1.11 bits per heavy atom. The Morgan fingerprint density at radius 2 is 2.00 bits per heavy atom. The second-order valence-corrected chi connectivity index (χ2v) is 9.48. The molecule has 2 aromatic carbocycles. The van der Waals surface area contributed by atoms with Crippen LogP contribution in [0, 0.1) is 5.92 Å². The fourth-order valence-corrected chi connectivity index (χ4v) is 4.90. The minimum atomic E-state index is -0.0329. The zero-order chi connectivity index (χ0) is 23.9. The molecule has 178 valence electrons. The Bertz CT molecular complexity index is 1530. The van der Waals surface area contributed by atoms with E-state index in [1.54, 1.807) is 29.5 Å². The van der Waals surface area contributed by atoms with Gasteiger partial charge in [-0.25, -0.2) is 15.0 Å². The van der Waals surface area contributed by atoms with Crippen molar-refractivity contribution in [1.29, 1.82) is 0 Å². The smallest absolute Gasteiger partial charge is 0.164 e. The van der Waals surface area contributed by atoms with Crippen molar-refractivity contribution < 1.29 is 14.2 Å². The van der Waals surface area contributed by atoms with Crippen molar-refractivity contribution >= 4 is 44.0 Å². The molecule has 0 unspecified atom stereocenters. The van der Waals surface area contributed by atoms with Gasteiger partial charge in [0.05, 0.1) is 53.2 Å². The van der Waals surface area contributed by atoms with Crippen molar-refractivity contribution in [2.24, 2.45) is 13.0 Å². The van der Waals surface area contributed by atoms with Gasteiger partial charge in [0.2, 0.25) is 0 Å². The van der Waals surface area contributed by atoms with E-state index in [1.807, 2.05) is 43.0 Å². The number of nitrogens with zero attached hydrogens (tertiary/aromatic N) is 5. The van der Waals surface area contributed by atoms with Gasteiger partial charge in [-0.1, -0.05) is 0 Å². The van der Waals surface area contributed by atoms with Crippen LogP contribution in [-0.2, 0) is 11.8 Å². The first-order valence-corrected chi connectivity index (χ1v) is 12.2. The average molecular weight is 489 g/mol. The summed E-state index contributed by atoms with van der Waals surface area (Å²) in [6.45, 7) is 3.47. The minimum Gasteiger partial charge on any atom is -0.493 e. The van der Waals surface area contributed by atoms with Gasteiger partial charge in [-0.3, -0.25) is 4.68 Å². The van der Waals surface area contributed by atoms with Crippen molar-refractivity contribution in [1.82, 2.24) is 24.7 Å². The predicted molar refractivity (Wildman–Crippen MR) is 136 cm³/mol. The Morgan fingerprint density at radius 3 is 2.80 bits per heavy atom. The van der Waals surface area contributed by atoms with Crippen LogP contribution in [0.4, 0.5) is 11.5 Å². The molecule has 6 rings (SSSR count). The number of hydrogen-bond donors (Lipinski definition) is 1. The molecule has 5 aromatic rings. The maximum absolute atomic E-state index is 6.53. The van der Waals surface area contributed by atoms with Crippen molar-refractivity contribution in [2.45, 2.75) is 13.0 Å². The molecule has 0 saturated carbocycles. The maximum Gasteiger partial charge on any atom is 0.164 e. The topological polar surface area (TPSA) is 96.2 Å². The van der Waals surface area contributed by atoms with E-state index >= 15 is 0 Å². The van der Waals surface area contributed by atoms with Crippen LogP contribution in [0.3, 0.4) is 0 Å². The van der Waals surface area contributed by atoms with Gasteiger partial charge in [-0.05, 0) is 37.3 Å². The molecule has 1 aliphatic rings. The number of rotatable bonds is 7. The number of hydrogen-bond acceptors (Lipinski definition) is 9. The summed E-state index contributed by atoms with van der Waals surface area (Å²) in [7, 11) is 3.51. The third-order valence-electron chi connectivity index (χ3n) is 6.22. The number of nitrogens with one attached hydrogen (secondary N) is 1. The molecule has 9 nitrogen and oxygen atoms in total. The zero-order valence-electron chi connectivity index (χ0n) is 19.6. The lowest BCUT2D eigenvalue weighted by Gasteiger charge is -2.32. The molecule has 10 heteroatoms. The number of anilines is 2. The van der Waals surface area contributed by atoms with Gasteiger partial charge in [-0.15, -0.1) is 11.3 Å². The number of thiazole rings is 1. The van der Waals surface area contributed by atoms with Crippen molar-refractivity contribution in [3.05, 3.63) is 48.4 Å². The third kappa shape index (κ3) is 4.04. The molecular weight excluding hydrogens is 464 g/mol. The summed E-state index contributed by atoms with van der Waals surface area (Å²) in [5.41, 5.74) is 6.08. The van der Waals surface area contributed by atoms with Crippen molar-refractivity contribution in [3.8, 4) is 22.8 Å². The molecule has 0 bridgehead atoms. The standard InChI is InChI=1S/C25H24N6O3S/c1-14(16-10-33-11-16)34-20-7-15(24-21(32-3)9-31(2)30-24)6-19-23(20)25(27-12-26-19)29-17-4-5-18-22(8-17)35-13-28-18/h4-9,12-14,16H,10-11H2,1-3H3,(H,26,27,29)/t14-/m1/s1. The highest BCUT2D eigenvalue weighted by Gasteiger charge is 2.28. The van der Waals surface area contributed by atoms with E-state index in [2.05, 4.69) is 38.4 Å². The van der Waals surface area contributed by atoms with Gasteiger partial charge < -0.3 is 19.5 Å². The quantitative estimate of drug-likeness (QED) is 0.349. The summed E-state index contributed by atoms with van der Waals surface area (Å²) in [5, 5.41) is 8.88. The van der Waals surface area contributed by atoms with E-state index < -0.39 is 0 Å². The number of benzene rings is 2. The summed E-state index contributed by atoms with van der Waals surface area (Å²) in [6.07, 6.45) is 3.37. The molecule has 1 fully saturated rings. The van der Waals surface area contributed by atoms with E-state index in [0.717, 1.165) is 38.1 Å².